The second-order valence-corrected chi connectivity index (χ2v) is 2.72. The third-order valence-corrected chi connectivity index (χ3v) is 1.88. The molecule has 3 nitrogen and oxygen atoms in total. The van der Waals surface area contributed by atoms with Crippen molar-refractivity contribution in [1.29, 1.82) is 0 Å². The molecular weight excluding hydrogens is 243 g/mol. The molecule has 0 aliphatic heterocycles. The number of nitrogens with two attached hydrogens (primary N) is 1. The van der Waals surface area contributed by atoms with E-state index in [0.717, 1.165) is 0 Å². The van der Waals surface area contributed by atoms with Gasteiger partial charge in [-0.15, -0.1) is 12.4 Å². The average Bonchev–Trinajstić information content (AvgIpc) is 2.04. The smallest absolute Gasteiger partial charge is 0.179 e. The summed E-state index contributed by atoms with van der Waals surface area (Å²) >= 11 is 3.15. The van der Waals surface area contributed by atoms with Crippen molar-refractivity contribution in [2.45, 2.75) is 0 Å². The molecule has 0 bridgehead atoms. The highest BCUT2D eigenvalue weighted by Crippen LogP contribution is 2.12. The van der Waals surface area contributed by atoms with Crippen LogP contribution in [-0.4, -0.2) is 17.3 Å². The zero-order valence-electron chi connectivity index (χ0n) is 6.16. The fourth-order valence-electron chi connectivity index (χ4n) is 0.704. The Bertz CT molecular complexity index is 280. The van der Waals surface area contributed by atoms with Crippen molar-refractivity contribution < 1.29 is 4.79 Å². The van der Waals surface area contributed by atoms with Gasteiger partial charge in [0.25, 0.3) is 0 Å². The summed E-state index contributed by atoms with van der Waals surface area (Å²) < 4.78 is 0.551. The van der Waals surface area contributed by atoms with Gasteiger partial charge >= 0.3 is 0 Å². The standard InChI is InChI=1S/C7H7BrN2O.ClH/c8-7-5(6(11)4-9)2-1-3-10-7;/h1-3H,4,9H2;1H. The average molecular weight is 252 g/mol. The van der Waals surface area contributed by atoms with E-state index < -0.39 is 0 Å². The third-order valence-electron chi connectivity index (χ3n) is 1.24. The van der Waals surface area contributed by atoms with Crippen LogP contribution in [0.2, 0.25) is 0 Å². The van der Waals surface area contributed by atoms with Crippen LogP contribution in [0.15, 0.2) is 22.9 Å². The molecule has 2 N–H and O–H groups in total. The number of pyridine rings is 1. The zero-order chi connectivity index (χ0) is 8.27. The van der Waals surface area contributed by atoms with Crippen molar-refractivity contribution >= 4 is 34.1 Å². The number of ketones is 1. The first-order chi connectivity index (χ1) is 5.25. The summed E-state index contributed by atoms with van der Waals surface area (Å²) in [6.45, 7) is 0.0181. The normalized spacial score (nSPS) is 8.83. The van der Waals surface area contributed by atoms with Gasteiger partial charge < -0.3 is 5.73 Å². The molecule has 0 saturated carbocycles. The van der Waals surface area contributed by atoms with E-state index in [2.05, 4.69) is 20.9 Å². The lowest BCUT2D eigenvalue weighted by atomic mass is 10.2. The van der Waals surface area contributed by atoms with E-state index in [0.29, 0.717) is 10.2 Å². The number of hydrogen-bond acceptors (Lipinski definition) is 3. The van der Waals surface area contributed by atoms with Crippen LogP contribution < -0.4 is 5.73 Å². The molecule has 1 aromatic rings. The maximum absolute atomic E-state index is 11.0. The monoisotopic (exact) mass is 250 g/mol. The van der Waals surface area contributed by atoms with E-state index in [1.54, 1.807) is 18.3 Å². The van der Waals surface area contributed by atoms with Crippen LogP contribution in [-0.2, 0) is 0 Å². The largest absolute Gasteiger partial charge is 0.324 e. The molecule has 0 unspecified atom stereocenters. The maximum Gasteiger partial charge on any atom is 0.179 e. The minimum Gasteiger partial charge on any atom is -0.324 e. The quantitative estimate of drug-likeness (QED) is 0.639. The van der Waals surface area contributed by atoms with Gasteiger partial charge in [0.1, 0.15) is 4.60 Å². The molecule has 1 rings (SSSR count). The van der Waals surface area contributed by atoms with Gasteiger partial charge in [-0.05, 0) is 28.1 Å². The van der Waals surface area contributed by atoms with Crippen LogP contribution in [0, 0.1) is 0 Å². The Kier molecular flexibility index (Phi) is 5.04. The van der Waals surface area contributed by atoms with Crippen molar-refractivity contribution in [3.05, 3.63) is 28.5 Å². The van der Waals surface area contributed by atoms with Gasteiger partial charge in [-0.3, -0.25) is 4.79 Å². The van der Waals surface area contributed by atoms with Crippen molar-refractivity contribution in [2.24, 2.45) is 5.73 Å². The van der Waals surface area contributed by atoms with Crippen molar-refractivity contribution in [3.63, 3.8) is 0 Å². The molecule has 0 amide bonds. The Morgan fingerprint density at radius 3 is 2.83 bits per heavy atom. The molecule has 1 heterocycles. The van der Waals surface area contributed by atoms with Crippen LogP contribution in [0.4, 0.5) is 0 Å². The highest BCUT2D eigenvalue weighted by atomic mass is 79.9. The van der Waals surface area contributed by atoms with E-state index in [1.807, 2.05) is 0 Å². The summed E-state index contributed by atoms with van der Waals surface area (Å²) in [7, 11) is 0. The molecule has 0 fully saturated rings. The second kappa shape index (κ2) is 5.24. The van der Waals surface area contributed by atoms with Gasteiger partial charge in [0.2, 0.25) is 0 Å². The van der Waals surface area contributed by atoms with Gasteiger partial charge in [-0.25, -0.2) is 4.98 Å². The number of carbonyl (C=O) groups is 1. The second-order valence-electron chi connectivity index (χ2n) is 1.97. The number of Topliss-reactive ketones (excluding diaryl/α,β-unsaturated/α-hetero) is 1. The highest BCUT2D eigenvalue weighted by Gasteiger charge is 2.06. The maximum atomic E-state index is 11.0. The van der Waals surface area contributed by atoms with Crippen LogP contribution in [0.5, 0.6) is 0 Å². The molecule has 0 saturated heterocycles. The predicted octanol–water partition coefficient (Wildman–Crippen LogP) is 1.41. The Labute approximate surface area is 84.9 Å². The Hall–Kier alpha value is -0.450. The topological polar surface area (TPSA) is 56.0 Å². The molecule has 0 atom stereocenters. The molecule has 0 aromatic carbocycles. The number of nitrogens with zero attached hydrogens (tertiary/aromatic N) is 1. The van der Waals surface area contributed by atoms with E-state index in [4.69, 9.17) is 5.73 Å². The van der Waals surface area contributed by atoms with Gasteiger partial charge in [0.15, 0.2) is 5.78 Å². The Morgan fingerprint density at radius 1 is 1.67 bits per heavy atom. The SMILES string of the molecule is Cl.NCC(=O)c1cccnc1Br. The summed E-state index contributed by atoms with van der Waals surface area (Å²) in [6, 6.07) is 3.39. The van der Waals surface area contributed by atoms with Gasteiger partial charge in [0.05, 0.1) is 12.1 Å². The minimum absolute atomic E-state index is 0. The van der Waals surface area contributed by atoms with Crippen molar-refractivity contribution in [2.75, 3.05) is 6.54 Å². The van der Waals surface area contributed by atoms with E-state index in [1.165, 1.54) is 0 Å². The Morgan fingerprint density at radius 2 is 2.33 bits per heavy atom. The lowest BCUT2D eigenvalue weighted by Crippen LogP contribution is -2.14. The van der Waals surface area contributed by atoms with Crippen LogP contribution in [0.1, 0.15) is 10.4 Å². The minimum atomic E-state index is -0.107. The van der Waals surface area contributed by atoms with E-state index in [9.17, 15) is 4.79 Å². The molecule has 0 radical (unpaired) electrons. The fourth-order valence-corrected chi connectivity index (χ4v) is 1.18. The fraction of sp³-hybridized carbons (Fsp3) is 0.143. The van der Waals surface area contributed by atoms with Gasteiger partial charge in [0, 0.05) is 6.20 Å². The summed E-state index contributed by atoms with van der Waals surface area (Å²) in [6.07, 6.45) is 1.61. The molecule has 1 aromatic heterocycles. The van der Waals surface area contributed by atoms with Gasteiger partial charge in [-0.1, -0.05) is 0 Å². The first-order valence-electron chi connectivity index (χ1n) is 3.09. The van der Waals surface area contributed by atoms with Crippen LogP contribution in [0.3, 0.4) is 0 Å². The lowest BCUT2D eigenvalue weighted by Gasteiger charge is -1.97. The van der Waals surface area contributed by atoms with Gasteiger partial charge in [-0.2, -0.15) is 0 Å². The molecular formula is C7H8BrClN2O. The van der Waals surface area contributed by atoms with E-state index >= 15 is 0 Å². The Balaban J connectivity index is 0.00000121. The predicted molar refractivity (Wildman–Crippen MR) is 52.6 cm³/mol. The highest BCUT2D eigenvalue weighted by molar-refractivity contribution is 9.10. The first kappa shape index (κ1) is 11.6. The first-order valence-corrected chi connectivity index (χ1v) is 3.89. The molecule has 0 spiro atoms. The molecule has 5 heteroatoms. The van der Waals surface area contributed by atoms with Crippen molar-refractivity contribution in [3.8, 4) is 0 Å². The number of halogens is 2. The summed E-state index contributed by atoms with van der Waals surface area (Å²) in [4.78, 5) is 14.9. The molecule has 12 heavy (non-hydrogen) atoms. The molecule has 0 aliphatic carbocycles. The van der Waals surface area contributed by atoms with Crippen LogP contribution >= 0.6 is 28.3 Å². The number of rotatable bonds is 2. The summed E-state index contributed by atoms with van der Waals surface area (Å²) in [5, 5.41) is 0. The molecule has 66 valence electrons. The van der Waals surface area contributed by atoms with Crippen LogP contribution in [0.25, 0.3) is 0 Å². The number of aromatic nitrogens is 1. The molecule has 0 aliphatic rings. The summed E-state index contributed by atoms with van der Waals surface area (Å²) in [5.41, 5.74) is 5.71. The van der Waals surface area contributed by atoms with Crippen molar-refractivity contribution in [1.82, 2.24) is 4.98 Å². The number of hydrogen-bond donors (Lipinski definition) is 1. The number of carbonyl (C=O) groups excluding carboxylic acids is 1. The zero-order valence-corrected chi connectivity index (χ0v) is 8.56. The third kappa shape index (κ3) is 2.55. The lowest BCUT2D eigenvalue weighted by molar-refractivity contribution is 0.100. The summed E-state index contributed by atoms with van der Waals surface area (Å²) in [5.74, 6) is -0.107. The van der Waals surface area contributed by atoms with E-state index in [-0.39, 0.29) is 24.7 Å².